The first-order chi connectivity index (χ1) is 14.3. The first-order valence-electron chi connectivity index (χ1n) is 9.15. The molecule has 2 rings (SSSR count). The first kappa shape index (κ1) is 24.0. The third kappa shape index (κ3) is 9.05. The second-order valence-electron chi connectivity index (χ2n) is 6.00. The molecule has 0 amide bonds. The Bertz CT molecular complexity index is 820. The smallest absolute Gasteiger partial charge is 0.493 e. The Kier molecular flexibility index (Phi) is 9.46. The number of alkyl halides is 3. The molecule has 0 aromatic heterocycles. The molecule has 0 bridgehead atoms. The molecule has 0 radical (unpaired) electrons. The standard InChI is InChI=1S/C21H21Cl2F3O4/c1-2-15-14-18(28-13-10-20(22)23)8-9-19(15)29-12-3-11-27-16-4-6-17(7-5-16)30-21(24,25)26/h4-10,14H,2-3,11-13H2,1H3. The van der Waals surface area contributed by atoms with Crippen LogP contribution in [0.5, 0.6) is 23.0 Å². The van der Waals surface area contributed by atoms with Crippen LogP contribution in [0.25, 0.3) is 0 Å². The molecule has 0 unspecified atom stereocenters. The Morgan fingerprint density at radius 3 is 2.17 bits per heavy atom. The average Bonchev–Trinajstić information content (AvgIpc) is 2.68. The second-order valence-corrected chi connectivity index (χ2v) is 7.01. The maximum atomic E-state index is 12.1. The maximum Gasteiger partial charge on any atom is 0.573 e. The minimum Gasteiger partial charge on any atom is -0.493 e. The zero-order valence-corrected chi connectivity index (χ0v) is 17.7. The van der Waals surface area contributed by atoms with E-state index in [1.165, 1.54) is 24.3 Å². The van der Waals surface area contributed by atoms with Crippen molar-refractivity contribution < 1.29 is 32.1 Å². The van der Waals surface area contributed by atoms with E-state index in [9.17, 15) is 13.2 Å². The van der Waals surface area contributed by atoms with Crippen molar-refractivity contribution in [1.29, 1.82) is 0 Å². The summed E-state index contributed by atoms with van der Waals surface area (Å²) in [4.78, 5) is 0. The van der Waals surface area contributed by atoms with E-state index in [1.54, 1.807) is 12.1 Å². The monoisotopic (exact) mass is 464 g/mol. The highest BCUT2D eigenvalue weighted by Gasteiger charge is 2.30. The van der Waals surface area contributed by atoms with Crippen molar-refractivity contribution in [2.75, 3.05) is 19.8 Å². The predicted molar refractivity (Wildman–Crippen MR) is 110 cm³/mol. The van der Waals surface area contributed by atoms with Crippen LogP contribution in [0.2, 0.25) is 0 Å². The molecule has 2 aromatic rings. The quantitative estimate of drug-likeness (QED) is 0.347. The number of aryl methyl sites for hydroxylation is 1. The summed E-state index contributed by atoms with van der Waals surface area (Å²) in [5.41, 5.74) is 0.995. The molecular weight excluding hydrogens is 444 g/mol. The maximum absolute atomic E-state index is 12.1. The van der Waals surface area contributed by atoms with Gasteiger partial charge in [-0.25, -0.2) is 0 Å². The highest BCUT2D eigenvalue weighted by molar-refractivity contribution is 6.55. The largest absolute Gasteiger partial charge is 0.573 e. The van der Waals surface area contributed by atoms with Crippen LogP contribution in [0.1, 0.15) is 18.9 Å². The molecule has 0 aliphatic heterocycles. The fraction of sp³-hybridized carbons (Fsp3) is 0.333. The van der Waals surface area contributed by atoms with Gasteiger partial charge in [0.1, 0.15) is 34.1 Å². The Labute approximate surface area is 183 Å². The molecule has 0 saturated heterocycles. The summed E-state index contributed by atoms with van der Waals surface area (Å²) in [6.45, 7) is 3.06. The van der Waals surface area contributed by atoms with Crippen LogP contribution in [0.4, 0.5) is 13.2 Å². The fourth-order valence-electron chi connectivity index (χ4n) is 2.43. The predicted octanol–water partition coefficient (Wildman–Crippen LogP) is 6.69. The highest BCUT2D eigenvalue weighted by atomic mass is 35.5. The van der Waals surface area contributed by atoms with Crippen molar-refractivity contribution in [2.45, 2.75) is 26.1 Å². The molecule has 0 fully saturated rings. The van der Waals surface area contributed by atoms with Gasteiger partial charge in [-0.15, -0.1) is 13.2 Å². The van der Waals surface area contributed by atoms with Gasteiger partial charge < -0.3 is 18.9 Å². The number of hydrogen-bond acceptors (Lipinski definition) is 4. The summed E-state index contributed by atoms with van der Waals surface area (Å²) in [5, 5.41) is 0. The molecule has 0 aliphatic carbocycles. The average molecular weight is 465 g/mol. The first-order valence-corrected chi connectivity index (χ1v) is 9.90. The van der Waals surface area contributed by atoms with Gasteiger partial charge in [-0.1, -0.05) is 30.1 Å². The Morgan fingerprint density at radius 1 is 0.900 bits per heavy atom. The molecule has 164 valence electrons. The van der Waals surface area contributed by atoms with E-state index in [4.69, 9.17) is 37.4 Å². The van der Waals surface area contributed by atoms with Crippen LogP contribution in [0.3, 0.4) is 0 Å². The van der Waals surface area contributed by atoms with Crippen LogP contribution < -0.4 is 18.9 Å². The molecule has 4 nitrogen and oxygen atoms in total. The molecule has 0 N–H and O–H groups in total. The van der Waals surface area contributed by atoms with Crippen molar-refractivity contribution in [3.8, 4) is 23.0 Å². The molecule has 2 aromatic carbocycles. The van der Waals surface area contributed by atoms with E-state index in [-0.39, 0.29) is 16.8 Å². The molecular formula is C21H21Cl2F3O4. The van der Waals surface area contributed by atoms with Crippen LogP contribution in [-0.2, 0) is 6.42 Å². The number of hydrogen-bond donors (Lipinski definition) is 0. The molecule has 9 heteroatoms. The van der Waals surface area contributed by atoms with Crippen molar-refractivity contribution in [3.63, 3.8) is 0 Å². The van der Waals surface area contributed by atoms with Gasteiger partial charge in [0.2, 0.25) is 0 Å². The minimum atomic E-state index is -4.71. The van der Waals surface area contributed by atoms with Crippen LogP contribution in [0, 0.1) is 0 Å². The third-order valence-electron chi connectivity index (χ3n) is 3.77. The van der Waals surface area contributed by atoms with Crippen LogP contribution >= 0.6 is 23.2 Å². The molecule has 0 atom stereocenters. The van der Waals surface area contributed by atoms with Crippen molar-refractivity contribution >= 4 is 23.2 Å². The zero-order valence-electron chi connectivity index (χ0n) is 16.2. The lowest BCUT2D eigenvalue weighted by Crippen LogP contribution is -2.17. The van der Waals surface area contributed by atoms with E-state index in [2.05, 4.69) is 4.74 Å². The normalized spacial score (nSPS) is 11.0. The zero-order chi connectivity index (χ0) is 22.0. The lowest BCUT2D eigenvalue weighted by atomic mass is 10.1. The summed E-state index contributed by atoms with van der Waals surface area (Å²) in [6, 6.07) is 10.8. The lowest BCUT2D eigenvalue weighted by molar-refractivity contribution is -0.274. The van der Waals surface area contributed by atoms with E-state index in [1.807, 2.05) is 19.1 Å². The molecule has 0 aliphatic rings. The number of ether oxygens (including phenoxy) is 4. The topological polar surface area (TPSA) is 36.9 Å². The number of benzene rings is 2. The van der Waals surface area contributed by atoms with Gasteiger partial charge in [-0.3, -0.25) is 0 Å². The van der Waals surface area contributed by atoms with Crippen LogP contribution in [0.15, 0.2) is 53.0 Å². The second kappa shape index (κ2) is 11.8. The van der Waals surface area contributed by atoms with Gasteiger partial charge >= 0.3 is 6.36 Å². The Hall–Kier alpha value is -2.25. The van der Waals surface area contributed by atoms with E-state index in [0.717, 1.165) is 17.7 Å². The van der Waals surface area contributed by atoms with E-state index in [0.29, 0.717) is 31.1 Å². The number of halogens is 5. The summed E-state index contributed by atoms with van der Waals surface area (Å²) < 4.78 is 57.2. The molecule has 0 heterocycles. The Morgan fingerprint density at radius 2 is 1.53 bits per heavy atom. The van der Waals surface area contributed by atoms with Crippen molar-refractivity contribution in [3.05, 3.63) is 58.6 Å². The van der Waals surface area contributed by atoms with Crippen molar-refractivity contribution in [2.24, 2.45) is 0 Å². The lowest BCUT2D eigenvalue weighted by Gasteiger charge is -2.13. The van der Waals surface area contributed by atoms with Gasteiger partial charge in [0.25, 0.3) is 0 Å². The molecule has 30 heavy (non-hydrogen) atoms. The SMILES string of the molecule is CCc1cc(OCC=C(Cl)Cl)ccc1OCCCOc1ccc(OC(F)(F)F)cc1. The summed E-state index contributed by atoms with van der Waals surface area (Å²) in [5.74, 6) is 1.60. The summed E-state index contributed by atoms with van der Waals surface area (Å²) in [6.07, 6.45) is -1.80. The van der Waals surface area contributed by atoms with Crippen LogP contribution in [-0.4, -0.2) is 26.2 Å². The summed E-state index contributed by atoms with van der Waals surface area (Å²) in [7, 11) is 0. The minimum absolute atomic E-state index is 0.151. The van der Waals surface area contributed by atoms with Gasteiger partial charge in [0, 0.05) is 6.42 Å². The number of rotatable bonds is 11. The molecule has 0 spiro atoms. The van der Waals surface area contributed by atoms with Crippen molar-refractivity contribution in [1.82, 2.24) is 0 Å². The molecule has 0 saturated carbocycles. The summed E-state index contributed by atoms with van der Waals surface area (Å²) >= 11 is 11.1. The van der Waals surface area contributed by atoms with Gasteiger partial charge in [-0.2, -0.15) is 0 Å². The van der Waals surface area contributed by atoms with E-state index >= 15 is 0 Å². The van der Waals surface area contributed by atoms with Gasteiger partial charge in [-0.05, 0) is 60.5 Å². The van der Waals surface area contributed by atoms with E-state index < -0.39 is 6.36 Å². The van der Waals surface area contributed by atoms with Gasteiger partial charge in [0.15, 0.2) is 0 Å². The Balaban J connectivity index is 1.75. The fourth-order valence-corrected chi connectivity index (χ4v) is 2.56. The van der Waals surface area contributed by atoms with Gasteiger partial charge in [0.05, 0.1) is 13.2 Å². The highest BCUT2D eigenvalue weighted by Crippen LogP contribution is 2.26. The third-order valence-corrected chi connectivity index (χ3v) is 4.08.